The molecule has 0 aliphatic heterocycles. The Balaban J connectivity index is 4.68. The van der Waals surface area contributed by atoms with Gasteiger partial charge in [-0.1, -0.05) is 20.8 Å². The van der Waals surface area contributed by atoms with E-state index in [0.717, 1.165) is 0 Å². The van der Waals surface area contributed by atoms with E-state index in [0.29, 0.717) is 0 Å². The molecule has 0 rings (SSSR count). The number of aliphatic carboxylic acids is 1. The molecule has 0 aromatic rings. The van der Waals surface area contributed by atoms with Crippen LogP contribution in [0.25, 0.3) is 0 Å². The lowest BCUT2D eigenvalue weighted by molar-refractivity contribution is -0.173. The molecule has 2 atom stereocenters. The maximum Gasteiger partial charge on any atom is 0.336 e. The molecule has 0 bridgehead atoms. The largest absolute Gasteiger partial charge is 0.479 e. The Morgan fingerprint density at radius 2 is 1.92 bits per heavy atom. The molecule has 4 heteroatoms. The maximum absolute atomic E-state index is 10.9. The third-order valence-corrected chi connectivity index (χ3v) is 2.39. The highest BCUT2D eigenvalue weighted by atomic mass is 16.5. The molecule has 0 aliphatic carbocycles. The number of aliphatic hydroxyl groups is 1. The molecule has 0 aliphatic rings. The van der Waals surface area contributed by atoms with E-state index in [2.05, 4.69) is 0 Å². The smallest absolute Gasteiger partial charge is 0.336 e. The van der Waals surface area contributed by atoms with Gasteiger partial charge in [0.2, 0.25) is 0 Å². The van der Waals surface area contributed by atoms with Gasteiger partial charge in [0.05, 0.1) is 6.61 Å². The summed E-state index contributed by atoms with van der Waals surface area (Å²) < 4.78 is 4.83. The van der Waals surface area contributed by atoms with E-state index in [1.54, 1.807) is 20.8 Å². The molecule has 78 valence electrons. The van der Waals surface area contributed by atoms with E-state index in [4.69, 9.17) is 9.84 Å². The van der Waals surface area contributed by atoms with Crippen molar-refractivity contribution in [2.45, 2.75) is 26.4 Å². The fourth-order valence-electron chi connectivity index (χ4n) is 1.40. The van der Waals surface area contributed by atoms with Crippen molar-refractivity contribution in [3.8, 4) is 0 Å². The van der Waals surface area contributed by atoms with E-state index in [-0.39, 0.29) is 12.5 Å². The van der Waals surface area contributed by atoms with Gasteiger partial charge in [-0.15, -0.1) is 0 Å². The quantitative estimate of drug-likeness (QED) is 0.671. The minimum absolute atomic E-state index is 0.237. The van der Waals surface area contributed by atoms with Crippen LogP contribution in [0.5, 0.6) is 0 Å². The fourth-order valence-corrected chi connectivity index (χ4v) is 1.40. The summed E-state index contributed by atoms with van der Waals surface area (Å²) in [6, 6.07) is 0. The standard InChI is InChI=1S/C9H18O4/c1-6(2)9(12,8(10)11)7(3)5-13-4/h6-7,12H,5H2,1-4H3,(H,10,11). The third-order valence-electron chi connectivity index (χ3n) is 2.39. The summed E-state index contributed by atoms with van der Waals surface area (Å²) in [7, 11) is 1.49. The van der Waals surface area contributed by atoms with Gasteiger partial charge in [-0.2, -0.15) is 0 Å². The molecular formula is C9H18O4. The maximum atomic E-state index is 10.9. The average molecular weight is 190 g/mol. The van der Waals surface area contributed by atoms with E-state index in [1.807, 2.05) is 0 Å². The molecule has 0 radical (unpaired) electrons. The van der Waals surface area contributed by atoms with Crippen LogP contribution in [0.1, 0.15) is 20.8 Å². The van der Waals surface area contributed by atoms with Crippen molar-refractivity contribution in [1.29, 1.82) is 0 Å². The molecule has 0 heterocycles. The number of rotatable bonds is 5. The predicted molar refractivity (Wildman–Crippen MR) is 48.5 cm³/mol. The molecule has 0 fully saturated rings. The Hall–Kier alpha value is -0.610. The second-order valence-corrected chi connectivity index (χ2v) is 3.64. The van der Waals surface area contributed by atoms with Crippen molar-refractivity contribution >= 4 is 5.97 Å². The van der Waals surface area contributed by atoms with Crippen molar-refractivity contribution in [1.82, 2.24) is 0 Å². The highest BCUT2D eigenvalue weighted by Crippen LogP contribution is 2.26. The Kier molecular flexibility index (Phi) is 4.36. The Labute approximate surface area is 78.5 Å². The van der Waals surface area contributed by atoms with Crippen molar-refractivity contribution in [3.63, 3.8) is 0 Å². The summed E-state index contributed by atoms with van der Waals surface area (Å²) in [5.41, 5.74) is -1.70. The number of carboxylic acid groups (broad SMARTS) is 1. The van der Waals surface area contributed by atoms with Crippen LogP contribution < -0.4 is 0 Å². The molecule has 2 unspecified atom stereocenters. The minimum atomic E-state index is -1.70. The zero-order valence-electron chi connectivity index (χ0n) is 8.57. The van der Waals surface area contributed by atoms with Crippen LogP contribution in [0.3, 0.4) is 0 Å². The first kappa shape index (κ1) is 12.4. The fraction of sp³-hybridized carbons (Fsp3) is 0.889. The Bertz CT molecular complexity index is 178. The SMILES string of the molecule is COCC(C)C(O)(C(=O)O)C(C)C. The molecule has 0 amide bonds. The summed E-state index contributed by atoms with van der Waals surface area (Å²) in [4.78, 5) is 10.9. The van der Waals surface area contributed by atoms with E-state index in [9.17, 15) is 9.90 Å². The third kappa shape index (κ3) is 2.42. The first-order chi connectivity index (χ1) is 5.87. The molecule has 0 saturated carbocycles. The van der Waals surface area contributed by atoms with Crippen LogP contribution >= 0.6 is 0 Å². The van der Waals surface area contributed by atoms with Gasteiger partial charge in [0.15, 0.2) is 5.60 Å². The monoisotopic (exact) mass is 190 g/mol. The van der Waals surface area contributed by atoms with Crippen LogP contribution in [-0.4, -0.2) is 35.5 Å². The van der Waals surface area contributed by atoms with Gasteiger partial charge >= 0.3 is 5.97 Å². The summed E-state index contributed by atoms with van der Waals surface area (Å²) in [6.07, 6.45) is 0. The minimum Gasteiger partial charge on any atom is -0.479 e. The molecule has 0 aromatic carbocycles. The number of hydrogen-bond acceptors (Lipinski definition) is 3. The van der Waals surface area contributed by atoms with Gasteiger partial charge in [0.25, 0.3) is 0 Å². The number of carbonyl (C=O) groups is 1. The van der Waals surface area contributed by atoms with E-state index in [1.165, 1.54) is 7.11 Å². The van der Waals surface area contributed by atoms with Crippen LogP contribution in [0, 0.1) is 11.8 Å². The van der Waals surface area contributed by atoms with Gasteiger partial charge in [0, 0.05) is 13.0 Å². The topological polar surface area (TPSA) is 66.8 Å². The molecule has 0 aromatic heterocycles. The first-order valence-electron chi connectivity index (χ1n) is 4.32. The molecule has 0 saturated heterocycles. The summed E-state index contributed by atoms with van der Waals surface area (Å²) in [6.45, 7) is 5.26. The van der Waals surface area contributed by atoms with Crippen molar-refractivity contribution < 1.29 is 19.7 Å². The van der Waals surface area contributed by atoms with Gasteiger partial charge in [-0.05, 0) is 5.92 Å². The van der Waals surface area contributed by atoms with Gasteiger partial charge in [-0.3, -0.25) is 0 Å². The number of hydrogen-bond donors (Lipinski definition) is 2. The molecular weight excluding hydrogens is 172 g/mol. The van der Waals surface area contributed by atoms with Crippen LogP contribution in [0.4, 0.5) is 0 Å². The molecule has 4 nitrogen and oxygen atoms in total. The Morgan fingerprint density at radius 3 is 2.15 bits per heavy atom. The van der Waals surface area contributed by atoms with Gasteiger partial charge in [-0.25, -0.2) is 4.79 Å². The molecule has 0 spiro atoms. The summed E-state index contributed by atoms with van der Waals surface area (Å²) >= 11 is 0. The predicted octanol–water partition coefficient (Wildman–Crippen LogP) is 0.741. The lowest BCUT2D eigenvalue weighted by Crippen LogP contribution is -2.50. The normalized spacial score (nSPS) is 18.3. The lowest BCUT2D eigenvalue weighted by atomic mass is 9.80. The first-order valence-corrected chi connectivity index (χ1v) is 4.32. The lowest BCUT2D eigenvalue weighted by Gasteiger charge is -2.33. The van der Waals surface area contributed by atoms with Crippen molar-refractivity contribution in [3.05, 3.63) is 0 Å². The molecule has 2 N–H and O–H groups in total. The summed E-state index contributed by atoms with van der Waals surface area (Å²) in [5, 5.41) is 18.8. The second-order valence-electron chi connectivity index (χ2n) is 3.64. The number of ether oxygens (including phenoxy) is 1. The highest BCUT2D eigenvalue weighted by Gasteiger charge is 2.44. The van der Waals surface area contributed by atoms with Crippen LogP contribution in [-0.2, 0) is 9.53 Å². The average Bonchev–Trinajstić information content (AvgIpc) is 2.02. The zero-order chi connectivity index (χ0) is 10.6. The van der Waals surface area contributed by atoms with Crippen LogP contribution in [0.2, 0.25) is 0 Å². The van der Waals surface area contributed by atoms with E-state index < -0.39 is 17.5 Å². The number of carboxylic acids is 1. The summed E-state index contributed by atoms with van der Waals surface area (Å²) in [5.74, 6) is -1.95. The van der Waals surface area contributed by atoms with Crippen LogP contribution in [0.15, 0.2) is 0 Å². The van der Waals surface area contributed by atoms with Crippen molar-refractivity contribution in [2.24, 2.45) is 11.8 Å². The Morgan fingerprint density at radius 1 is 1.46 bits per heavy atom. The second kappa shape index (κ2) is 4.58. The van der Waals surface area contributed by atoms with Gasteiger partial charge in [0.1, 0.15) is 0 Å². The zero-order valence-corrected chi connectivity index (χ0v) is 8.57. The molecule has 13 heavy (non-hydrogen) atoms. The van der Waals surface area contributed by atoms with Gasteiger partial charge < -0.3 is 14.9 Å². The van der Waals surface area contributed by atoms with Crippen molar-refractivity contribution in [2.75, 3.05) is 13.7 Å². The number of methoxy groups -OCH3 is 1. The highest BCUT2D eigenvalue weighted by molar-refractivity contribution is 5.77. The van der Waals surface area contributed by atoms with E-state index >= 15 is 0 Å².